The SMILES string of the molecule is N#Cc1ccc2[nH]c3c(c2c1)CCCC3NC1CCC(c2ccccc2)CC1. The molecule has 2 aliphatic carbocycles. The first-order valence-corrected chi connectivity index (χ1v) is 10.7. The summed E-state index contributed by atoms with van der Waals surface area (Å²) in [5.74, 6) is 0.721. The number of nitrogens with one attached hydrogen (secondary N) is 2. The Morgan fingerprint density at radius 3 is 2.57 bits per heavy atom. The van der Waals surface area contributed by atoms with Gasteiger partial charge in [-0.25, -0.2) is 0 Å². The summed E-state index contributed by atoms with van der Waals surface area (Å²) in [5.41, 5.74) is 6.22. The van der Waals surface area contributed by atoms with E-state index >= 15 is 0 Å². The molecular weight excluding hydrogens is 342 g/mol. The molecule has 3 heteroatoms. The van der Waals surface area contributed by atoms with Crippen molar-refractivity contribution in [3.8, 4) is 6.07 Å². The molecule has 28 heavy (non-hydrogen) atoms. The van der Waals surface area contributed by atoms with Gasteiger partial charge < -0.3 is 10.3 Å². The first-order valence-electron chi connectivity index (χ1n) is 10.7. The third-order valence-corrected chi connectivity index (χ3v) is 6.77. The van der Waals surface area contributed by atoms with E-state index in [1.54, 1.807) is 0 Å². The highest BCUT2D eigenvalue weighted by Crippen LogP contribution is 2.38. The number of hydrogen-bond acceptors (Lipinski definition) is 2. The summed E-state index contributed by atoms with van der Waals surface area (Å²) in [5, 5.41) is 14.5. The molecular formula is C25H27N3. The lowest BCUT2D eigenvalue weighted by Crippen LogP contribution is -2.37. The standard InChI is InChI=1S/C25H27N3/c26-16-17-9-14-23-22(15-17)21-7-4-8-24(25(21)28-23)27-20-12-10-19(11-13-20)18-5-2-1-3-6-18/h1-3,5-6,9,14-15,19-20,24,27-28H,4,7-8,10-13H2. The largest absolute Gasteiger partial charge is 0.357 e. The Kier molecular flexibility index (Phi) is 4.66. The molecule has 0 spiro atoms. The summed E-state index contributed by atoms with van der Waals surface area (Å²) < 4.78 is 0. The molecule has 3 aromatic rings. The van der Waals surface area contributed by atoms with Gasteiger partial charge in [0.2, 0.25) is 0 Å². The lowest BCUT2D eigenvalue weighted by molar-refractivity contribution is 0.300. The van der Waals surface area contributed by atoms with Crippen molar-refractivity contribution in [2.24, 2.45) is 0 Å². The summed E-state index contributed by atoms with van der Waals surface area (Å²) in [6.45, 7) is 0. The monoisotopic (exact) mass is 369 g/mol. The van der Waals surface area contributed by atoms with E-state index in [1.165, 1.54) is 66.2 Å². The number of aryl methyl sites for hydroxylation is 1. The highest BCUT2D eigenvalue weighted by atomic mass is 15.0. The molecule has 1 atom stereocenters. The summed E-state index contributed by atoms with van der Waals surface area (Å²) in [7, 11) is 0. The maximum atomic E-state index is 9.24. The predicted octanol–water partition coefficient (Wildman–Crippen LogP) is 5.73. The number of benzene rings is 2. The van der Waals surface area contributed by atoms with Crippen LogP contribution >= 0.6 is 0 Å². The van der Waals surface area contributed by atoms with Gasteiger partial charge in [-0.1, -0.05) is 30.3 Å². The Hall–Kier alpha value is -2.57. The van der Waals surface area contributed by atoms with Crippen LogP contribution in [0.2, 0.25) is 0 Å². The second-order valence-corrected chi connectivity index (χ2v) is 8.46. The third kappa shape index (κ3) is 3.23. The molecule has 0 radical (unpaired) electrons. The molecule has 3 nitrogen and oxygen atoms in total. The molecule has 1 saturated carbocycles. The lowest BCUT2D eigenvalue weighted by Gasteiger charge is -2.34. The number of aromatic nitrogens is 1. The van der Waals surface area contributed by atoms with E-state index in [1.807, 2.05) is 6.07 Å². The summed E-state index contributed by atoms with van der Waals surface area (Å²) in [4.78, 5) is 3.67. The van der Waals surface area contributed by atoms with Crippen LogP contribution in [0.5, 0.6) is 0 Å². The van der Waals surface area contributed by atoms with Gasteiger partial charge in [0.1, 0.15) is 0 Å². The molecule has 2 aliphatic rings. The van der Waals surface area contributed by atoms with E-state index in [0.717, 1.165) is 17.9 Å². The molecule has 0 amide bonds. The number of rotatable bonds is 3. The van der Waals surface area contributed by atoms with Crippen LogP contribution in [0.25, 0.3) is 10.9 Å². The van der Waals surface area contributed by atoms with Crippen LogP contribution in [0.3, 0.4) is 0 Å². The first kappa shape index (κ1) is 17.5. The fourth-order valence-corrected chi connectivity index (χ4v) is 5.30. The average molecular weight is 370 g/mol. The van der Waals surface area contributed by atoms with Crippen LogP contribution < -0.4 is 5.32 Å². The normalized spacial score (nSPS) is 24.6. The summed E-state index contributed by atoms with van der Waals surface area (Å²) in [6, 6.07) is 20.3. The Morgan fingerprint density at radius 2 is 1.79 bits per heavy atom. The van der Waals surface area contributed by atoms with Gasteiger partial charge in [0, 0.05) is 28.7 Å². The van der Waals surface area contributed by atoms with E-state index in [-0.39, 0.29) is 0 Å². The molecule has 1 unspecified atom stereocenters. The van der Waals surface area contributed by atoms with Gasteiger partial charge >= 0.3 is 0 Å². The quantitative estimate of drug-likeness (QED) is 0.619. The molecule has 2 aromatic carbocycles. The first-order chi connectivity index (χ1) is 13.8. The van der Waals surface area contributed by atoms with Gasteiger partial charge in [0.25, 0.3) is 0 Å². The van der Waals surface area contributed by atoms with Gasteiger partial charge in [0.15, 0.2) is 0 Å². The Bertz CT molecular complexity index is 1000. The van der Waals surface area contributed by atoms with E-state index < -0.39 is 0 Å². The van der Waals surface area contributed by atoms with E-state index in [0.29, 0.717) is 12.1 Å². The molecule has 5 rings (SSSR count). The smallest absolute Gasteiger partial charge is 0.0991 e. The van der Waals surface area contributed by atoms with Gasteiger partial charge in [-0.05, 0) is 80.2 Å². The topological polar surface area (TPSA) is 51.6 Å². The van der Waals surface area contributed by atoms with Crippen molar-refractivity contribution >= 4 is 10.9 Å². The fourth-order valence-electron chi connectivity index (χ4n) is 5.30. The number of aromatic amines is 1. The predicted molar refractivity (Wildman–Crippen MR) is 113 cm³/mol. The molecule has 1 heterocycles. The van der Waals surface area contributed by atoms with Crippen molar-refractivity contribution in [3.63, 3.8) is 0 Å². The van der Waals surface area contributed by atoms with E-state index in [4.69, 9.17) is 0 Å². The average Bonchev–Trinajstić information content (AvgIpc) is 3.14. The minimum Gasteiger partial charge on any atom is -0.357 e. The fraction of sp³-hybridized carbons (Fsp3) is 0.400. The van der Waals surface area contributed by atoms with Crippen LogP contribution in [0.15, 0.2) is 48.5 Å². The van der Waals surface area contributed by atoms with Crippen molar-refractivity contribution in [2.45, 2.75) is 62.9 Å². The Labute approximate surface area is 166 Å². The van der Waals surface area contributed by atoms with Gasteiger partial charge in [-0.15, -0.1) is 0 Å². The van der Waals surface area contributed by atoms with Gasteiger partial charge in [-0.2, -0.15) is 5.26 Å². The number of fused-ring (bicyclic) bond motifs is 3. The van der Waals surface area contributed by atoms with Crippen molar-refractivity contribution in [1.82, 2.24) is 10.3 Å². The third-order valence-electron chi connectivity index (χ3n) is 6.77. The molecule has 1 fully saturated rings. The minimum atomic E-state index is 0.417. The van der Waals surface area contributed by atoms with Gasteiger partial charge in [0.05, 0.1) is 11.6 Å². The van der Waals surface area contributed by atoms with Crippen molar-refractivity contribution < 1.29 is 0 Å². The summed E-state index contributed by atoms with van der Waals surface area (Å²) >= 11 is 0. The Balaban J connectivity index is 1.31. The molecule has 0 saturated heterocycles. The van der Waals surface area contributed by atoms with Gasteiger partial charge in [-0.3, -0.25) is 0 Å². The molecule has 142 valence electrons. The maximum absolute atomic E-state index is 9.24. The molecule has 2 N–H and O–H groups in total. The van der Waals surface area contributed by atoms with Crippen molar-refractivity contribution in [3.05, 3.63) is 70.9 Å². The number of nitriles is 1. The highest BCUT2D eigenvalue weighted by Gasteiger charge is 2.28. The van der Waals surface area contributed by atoms with Crippen LogP contribution in [-0.4, -0.2) is 11.0 Å². The Morgan fingerprint density at radius 1 is 0.964 bits per heavy atom. The van der Waals surface area contributed by atoms with Crippen LogP contribution in [-0.2, 0) is 6.42 Å². The summed E-state index contributed by atoms with van der Waals surface area (Å²) in [6.07, 6.45) is 8.59. The van der Waals surface area contributed by atoms with E-state index in [2.05, 4.69) is 58.8 Å². The van der Waals surface area contributed by atoms with Crippen LogP contribution in [0.4, 0.5) is 0 Å². The second kappa shape index (κ2) is 7.45. The van der Waals surface area contributed by atoms with E-state index in [9.17, 15) is 5.26 Å². The highest BCUT2D eigenvalue weighted by molar-refractivity contribution is 5.86. The van der Waals surface area contributed by atoms with Crippen LogP contribution in [0.1, 0.15) is 72.9 Å². The lowest BCUT2D eigenvalue weighted by atomic mass is 9.81. The van der Waals surface area contributed by atoms with Crippen molar-refractivity contribution in [1.29, 1.82) is 5.26 Å². The minimum absolute atomic E-state index is 0.417. The second-order valence-electron chi connectivity index (χ2n) is 8.46. The molecule has 1 aromatic heterocycles. The zero-order valence-corrected chi connectivity index (χ0v) is 16.2. The number of nitrogens with zero attached hydrogens (tertiary/aromatic N) is 1. The van der Waals surface area contributed by atoms with Crippen molar-refractivity contribution in [2.75, 3.05) is 0 Å². The number of H-pyrrole nitrogens is 1. The maximum Gasteiger partial charge on any atom is 0.0991 e. The van der Waals surface area contributed by atoms with Crippen LogP contribution in [0, 0.1) is 11.3 Å². The zero-order chi connectivity index (χ0) is 18.9. The molecule has 0 bridgehead atoms. The zero-order valence-electron chi connectivity index (χ0n) is 16.2. The number of hydrogen-bond donors (Lipinski definition) is 2. The molecule has 0 aliphatic heterocycles.